The fourth-order valence-corrected chi connectivity index (χ4v) is 2.44. The maximum absolute atomic E-state index is 12.0. The van der Waals surface area contributed by atoms with Gasteiger partial charge in [0.05, 0.1) is 24.8 Å². The summed E-state index contributed by atoms with van der Waals surface area (Å²) in [6, 6.07) is 16.9. The van der Waals surface area contributed by atoms with Crippen LogP contribution in [-0.2, 0) is 11.2 Å². The number of rotatable bonds is 7. The number of para-hydroxylation sites is 1. The average molecular weight is 356 g/mol. The minimum atomic E-state index is -0.0627. The Balaban J connectivity index is 1.42. The number of carbonyl (C=O) groups is 1. The van der Waals surface area contributed by atoms with Gasteiger partial charge in [0.15, 0.2) is 0 Å². The minimum absolute atomic E-state index is 0.0627. The van der Waals surface area contributed by atoms with Crippen LogP contribution in [0.5, 0.6) is 5.75 Å². The molecule has 0 unspecified atom stereocenters. The van der Waals surface area contributed by atoms with E-state index in [-0.39, 0.29) is 12.3 Å². The Kier molecular flexibility index (Phi) is 5.69. The lowest BCUT2D eigenvalue weighted by atomic mass is 10.2. The molecular weight excluding hydrogens is 338 g/mol. The molecule has 0 aliphatic heterocycles. The number of hydrogen-bond donors (Lipinski definition) is 1. The molecule has 128 valence electrons. The molecule has 0 aliphatic rings. The lowest BCUT2D eigenvalue weighted by Crippen LogP contribution is -2.29. The van der Waals surface area contributed by atoms with Gasteiger partial charge >= 0.3 is 0 Å². The van der Waals surface area contributed by atoms with E-state index in [2.05, 4.69) is 10.4 Å². The highest BCUT2D eigenvalue weighted by Gasteiger charge is 2.06. The van der Waals surface area contributed by atoms with E-state index in [1.165, 1.54) is 0 Å². The third-order valence-corrected chi connectivity index (χ3v) is 3.78. The van der Waals surface area contributed by atoms with Crippen molar-refractivity contribution in [3.05, 3.63) is 77.6 Å². The fraction of sp³-hybridized carbons (Fsp3) is 0.158. The van der Waals surface area contributed by atoms with Crippen molar-refractivity contribution in [3.63, 3.8) is 0 Å². The highest BCUT2D eigenvalue weighted by atomic mass is 35.5. The standard InChI is InChI=1S/C19H18ClN3O2/c20-16-6-8-18(9-7-16)25-11-10-21-19(24)12-15-13-22-23(14-15)17-4-2-1-3-5-17/h1-9,13-14H,10-12H2,(H,21,24). The van der Waals surface area contributed by atoms with E-state index in [0.717, 1.165) is 17.0 Å². The highest BCUT2D eigenvalue weighted by Crippen LogP contribution is 2.15. The van der Waals surface area contributed by atoms with E-state index >= 15 is 0 Å². The van der Waals surface area contributed by atoms with Gasteiger partial charge in [0, 0.05) is 11.2 Å². The summed E-state index contributed by atoms with van der Waals surface area (Å²) < 4.78 is 7.29. The lowest BCUT2D eigenvalue weighted by molar-refractivity contribution is -0.120. The molecule has 5 nitrogen and oxygen atoms in total. The van der Waals surface area contributed by atoms with Crippen molar-refractivity contribution in [1.29, 1.82) is 0 Å². The molecule has 3 aromatic rings. The summed E-state index contributed by atoms with van der Waals surface area (Å²) >= 11 is 5.81. The van der Waals surface area contributed by atoms with E-state index in [4.69, 9.17) is 16.3 Å². The third kappa shape index (κ3) is 5.09. The molecule has 0 saturated heterocycles. The largest absolute Gasteiger partial charge is 0.492 e. The maximum Gasteiger partial charge on any atom is 0.224 e. The second kappa shape index (κ2) is 8.35. The Hall–Kier alpha value is -2.79. The normalized spacial score (nSPS) is 10.4. The topological polar surface area (TPSA) is 56.2 Å². The first-order valence-corrected chi connectivity index (χ1v) is 8.32. The van der Waals surface area contributed by atoms with Crippen LogP contribution in [0.15, 0.2) is 67.0 Å². The van der Waals surface area contributed by atoms with Gasteiger partial charge in [0.2, 0.25) is 5.91 Å². The number of nitrogens with one attached hydrogen (secondary N) is 1. The first kappa shape index (κ1) is 17.0. The number of carbonyl (C=O) groups excluding carboxylic acids is 1. The number of hydrogen-bond acceptors (Lipinski definition) is 3. The van der Waals surface area contributed by atoms with Crippen LogP contribution in [0, 0.1) is 0 Å². The molecule has 2 aromatic carbocycles. The average Bonchev–Trinajstić information content (AvgIpc) is 3.09. The Morgan fingerprint density at radius 1 is 1.12 bits per heavy atom. The lowest BCUT2D eigenvalue weighted by Gasteiger charge is -2.07. The Morgan fingerprint density at radius 2 is 1.88 bits per heavy atom. The van der Waals surface area contributed by atoms with Crippen molar-refractivity contribution in [2.45, 2.75) is 6.42 Å². The van der Waals surface area contributed by atoms with Crippen LogP contribution in [0.3, 0.4) is 0 Å². The number of halogens is 1. The summed E-state index contributed by atoms with van der Waals surface area (Å²) in [5.41, 5.74) is 1.82. The molecular formula is C19H18ClN3O2. The smallest absolute Gasteiger partial charge is 0.224 e. The first-order valence-electron chi connectivity index (χ1n) is 7.95. The Bertz CT molecular complexity index is 816. The number of benzene rings is 2. The predicted molar refractivity (Wildman–Crippen MR) is 97.2 cm³/mol. The third-order valence-electron chi connectivity index (χ3n) is 3.53. The van der Waals surface area contributed by atoms with Gasteiger partial charge in [-0.05, 0) is 42.0 Å². The molecule has 3 rings (SSSR count). The molecule has 0 spiro atoms. The monoisotopic (exact) mass is 355 g/mol. The van der Waals surface area contributed by atoms with Crippen molar-refractivity contribution < 1.29 is 9.53 Å². The molecule has 1 heterocycles. The summed E-state index contributed by atoms with van der Waals surface area (Å²) in [5.74, 6) is 0.662. The van der Waals surface area contributed by atoms with Gasteiger partial charge in [0.1, 0.15) is 12.4 Å². The molecule has 0 radical (unpaired) electrons. The number of amides is 1. The van der Waals surface area contributed by atoms with Crippen molar-refractivity contribution in [1.82, 2.24) is 15.1 Å². The zero-order valence-corrected chi connectivity index (χ0v) is 14.3. The van der Waals surface area contributed by atoms with Gasteiger partial charge in [-0.25, -0.2) is 4.68 Å². The van der Waals surface area contributed by atoms with E-state index < -0.39 is 0 Å². The van der Waals surface area contributed by atoms with Gasteiger partial charge in [-0.15, -0.1) is 0 Å². The molecule has 1 N–H and O–H groups in total. The summed E-state index contributed by atoms with van der Waals surface area (Å²) in [6.45, 7) is 0.838. The number of aromatic nitrogens is 2. The summed E-state index contributed by atoms with van der Waals surface area (Å²) in [5, 5.41) is 7.78. The molecule has 0 aliphatic carbocycles. The van der Waals surface area contributed by atoms with Gasteiger partial charge in [-0.2, -0.15) is 5.10 Å². The maximum atomic E-state index is 12.0. The Labute approximate surface area is 151 Å². The van der Waals surface area contributed by atoms with Crippen LogP contribution in [-0.4, -0.2) is 28.8 Å². The van der Waals surface area contributed by atoms with E-state index in [0.29, 0.717) is 18.2 Å². The van der Waals surface area contributed by atoms with Crippen molar-refractivity contribution in [2.75, 3.05) is 13.2 Å². The van der Waals surface area contributed by atoms with Crippen LogP contribution >= 0.6 is 11.6 Å². The zero-order chi connectivity index (χ0) is 17.5. The van der Waals surface area contributed by atoms with Crippen molar-refractivity contribution in [2.24, 2.45) is 0 Å². The summed E-state index contributed by atoms with van der Waals surface area (Å²) in [6.07, 6.45) is 3.85. The van der Waals surface area contributed by atoms with E-state index in [9.17, 15) is 4.79 Å². The highest BCUT2D eigenvalue weighted by molar-refractivity contribution is 6.30. The SMILES string of the molecule is O=C(Cc1cnn(-c2ccccc2)c1)NCCOc1ccc(Cl)cc1. The molecule has 0 atom stereocenters. The Morgan fingerprint density at radius 3 is 2.64 bits per heavy atom. The van der Waals surface area contributed by atoms with Crippen LogP contribution in [0.1, 0.15) is 5.56 Å². The van der Waals surface area contributed by atoms with Gasteiger partial charge < -0.3 is 10.1 Å². The molecule has 0 saturated carbocycles. The van der Waals surface area contributed by atoms with E-state index in [1.807, 2.05) is 36.5 Å². The molecule has 1 aromatic heterocycles. The number of ether oxygens (including phenoxy) is 1. The molecule has 25 heavy (non-hydrogen) atoms. The van der Waals surface area contributed by atoms with Crippen LogP contribution in [0.2, 0.25) is 5.02 Å². The second-order valence-electron chi connectivity index (χ2n) is 5.46. The second-order valence-corrected chi connectivity index (χ2v) is 5.89. The van der Waals surface area contributed by atoms with Gasteiger partial charge in [0.25, 0.3) is 0 Å². The molecule has 0 bridgehead atoms. The molecule has 1 amide bonds. The van der Waals surface area contributed by atoms with Crippen molar-refractivity contribution in [3.8, 4) is 11.4 Å². The minimum Gasteiger partial charge on any atom is -0.492 e. The van der Waals surface area contributed by atoms with Crippen LogP contribution in [0.25, 0.3) is 5.69 Å². The van der Waals surface area contributed by atoms with Crippen molar-refractivity contribution >= 4 is 17.5 Å². The predicted octanol–water partition coefficient (Wildman–Crippen LogP) is 3.26. The van der Waals surface area contributed by atoms with Crippen LogP contribution in [0.4, 0.5) is 0 Å². The van der Waals surface area contributed by atoms with Crippen LogP contribution < -0.4 is 10.1 Å². The van der Waals surface area contributed by atoms with Gasteiger partial charge in [-0.1, -0.05) is 29.8 Å². The van der Waals surface area contributed by atoms with Gasteiger partial charge in [-0.3, -0.25) is 4.79 Å². The quantitative estimate of drug-likeness (QED) is 0.662. The van der Waals surface area contributed by atoms with E-state index in [1.54, 1.807) is 35.1 Å². The number of nitrogens with zero attached hydrogens (tertiary/aromatic N) is 2. The molecule has 6 heteroatoms. The fourth-order valence-electron chi connectivity index (χ4n) is 2.31. The molecule has 0 fully saturated rings. The first-order chi connectivity index (χ1) is 12.2. The summed E-state index contributed by atoms with van der Waals surface area (Å²) in [7, 11) is 0. The zero-order valence-electron chi connectivity index (χ0n) is 13.6. The summed E-state index contributed by atoms with van der Waals surface area (Å²) in [4.78, 5) is 12.0.